The Bertz CT molecular complexity index is 1100. The second-order valence-electron chi connectivity index (χ2n) is 8.69. The van der Waals surface area contributed by atoms with E-state index < -0.39 is 5.97 Å². The summed E-state index contributed by atoms with van der Waals surface area (Å²) in [5.74, 6) is 0.0905. The van der Waals surface area contributed by atoms with E-state index in [0.29, 0.717) is 16.1 Å². The SMILES string of the molecule is CC(C)(C)[C@@H]1CCc2c(sc3nnn(CC(=O)OCc4ccccc4)c(=O)c23)C1. The fraction of sp³-hybridized carbons (Fsp3) is 0.455. The molecule has 2 aromatic heterocycles. The minimum Gasteiger partial charge on any atom is -0.459 e. The van der Waals surface area contributed by atoms with E-state index in [9.17, 15) is 9.59 Å². The highest BCUT2D eigenvalue weighted by Crippen LogP contribution is 2.41. The smallest absolute Gasteiger partial charge is 0.328 e. The minimum atomic E-state index is -0.499. The largest absolute Gasteiger partial charge is 0.459 e. The molecule has 0 fully saturated rings. The van der Waals surface area contributed by atoms with Gasteiger partial charge in [-0.3, -0.25) is 9.59 Å². The molecular weight excluding hydrogens is 386 g/mol. The van der Waals surface area contributed by atoms with Gasteiger partial charge < -0.3 is 4.74 Å². The van der Waals surface area contributed by atoms with Gasteiger partial charge in [-0.2, -0.15) is 4.68 Å². The van der Waals surface area contributed by atoms with Crippen molar-refractivity contribution in [3.05, 3.63) is 56.7 Å². The number of aryl methyl sites for hydroxylation is 1. The number of nitrogens with zero attached hydrogens (tertiary/aromatic N) is 3. The van der Waals surface area contributed by atoms with Crippen LogP contribution in [0.2, 0.25) is 0 Å². The molecule has 0 saturated heterocycles. The summed E-state index contributed by atoms with van der Waals surface area (Å²) in [6.07, 6.45) is 2.90. The molecule has 4 rings (SSSR count). The summed E-state index contributed by atoms with van der Waals surface area (Å²) in [6, 6.07) is 9.44. The van der Waals surface area contributed by atoms with Crippen LogP contribution in [0.4, 0.5) is 0 Å². The third-order valence-electron chi connectivity index (χ3n) is 5.68. The van der Waals surface area contributed by atoms with Crippen LogP contribution in [-0.4, -0.2) is 21.0 Å². The molecule has 1 aromatic carbocycles. The van der Waals surface area contributed by atoms with Gasteiger partial charge in [-0.05, 0) is 41.7 Å². The lowest BCUT2D eigenvalue weighted by molar-refractivity contribution is -0.146. The molecule has 152 valence electrons. The Hall–Kier alpha value is -2.54. The fourth-order valence-corrected chi connectivity index (χ4v) is 5.11. The summed E-state index contributed by atoms with van der Waals surface area (Å²) in [4.78, 5) is 27.1. The number of benzene rings is 1. The van der Waals surface area contributed by atoms with Gasteiger partial charge in [0, 0.05) is 4.88 Å². The van der Waals surface area contributed by atoms with Gasteiger partial charge in [-0.25, -0.2) is 0 Å². The van der Waals surface area contributed by atoms with Crippen LogP contribution in [0.5, 0.6) is 0 Å². The predicted octanol–water partition coefficient (Wildman–Crippen LogP) is 3.75. The summed E-state index contributed by atoms with van der Waals surface area (Å²) < 4.78 is 6.40. The molecule has 0 radical (unpaired) electrons. The minimum absolute atomic E-state index is 0.173. The van der Waals surface area contributed by atoms with Gasteiger partial charge >= 0.3 is 5.97 Å². The number of fused-ring (bicyclic) bond motifs is 3. The number of hydrogen-bond acceptors (Lipinski definition) is 6. The average molecular weight is 412 g/mol. The second kappa shape index (κ2) is 7.71. The molecule has 1 aliphatic carbocycles. The van der Waals surface area contributed by atoms with Crippen molar-refractivity contribution in [3.63, 3.8) is 0 Å². The summed E-state index contributed by atoms with van der Waals surface area (Å²) in [7, 11) is 0. The molecule has 0 spiro atoms. The maximum absolute atomic E-state index is 13.0. The second-order valence-corrected chi connectivity index (χ2v) is 9.77. The summed E-state index contributed by atoms with van der Waals surface area (Å²) in [6.45, 7) is 6.74. The Labute approximate surface area is 173 Å². The number of thiophene rings is 1. The molecule has 0 aliphatic heterocycles. The topological polar surface area (TPSA) is 74.1 Å². The molecule has 0 bridgehead atoms. The molecule has 1 aliphatic rings. The first-order valence-electron chi connectivity index (χ1n) is 9.90. The highest BCUT2D eigenvalue weighted by atomic mass is 32.1. The zero-order valence-corrected chi connectivity index (χ0v) is 17.8. The van der Waals surface area contributed by atoms with E-state index in [1.54, 1.807) is 11.3 Å². The van der Waals surface area contributed by atoms with Gasteiger partial charge in [0.15, 0.2) is 4.83 Å². The molecule has 6 nitrogen and oxygen atoms in total. The molecule has 1 atom stereocenters. The lowest BCUT2D eigenvalue weighted by Crippen LogP contribution is -2.29. The Morgan fingerprint density at radius 3 is 2.76 bits per heavy atom. The van der Waals surface area contributed by atoms with E-state index in [4.69, 9.17) is 4.74 Å². The van der Waals surface area contributed by atoms with E-state index in [2.05, 4.69) is 31.1 Å². The quantitative estimate of drug-likeness (QED) is 0.612. The van der Waals surface area contributed by atoms with Gasteiger partial charge in [0.05, 0.1) is 5.39 Å². The van der Waals surface area contributed by atoms with E-state index >= 15 is 0 Å². The van der Waals surface area contributed by atoms with E-state index in [-0.39, 0.29) is 24.1 Å². The van der Waals surface area contributed by atoms with Crippen LogP contribution in [0.15, 0.2) is 35.1 Å². The maximum atomic E-state index is 13.0. The molecule has 0 N–H and O–H groups in total. The molecule has 3 aromatic rings. The number of carbonyl (C=O) groups excluding carboxylic acids is 1. The van der Waals surface area contributed by atoms with Crippen molar-refractivity contribution in [2.75, 3.05) is 0 Å². The van der Waals surface area contributed by atoms with Gasteiger partial charge in [-0.15, -0.1) is 16.4 Å². The molecule has 2 heterocycles. The third-order valence-corrected chi connectivity index (χ3v) is 6.82. The van der Waals surface area contributed by atoms with E-state index in [1.807, 2.05) is 30.3 Å². The summed E-state index contributed by atoms with van der Waals surface area (Å²) >= 11 is 1.57. The number of carbonyl (C=O) groups is 1. The highest BCUT2D eigenvalue weighted by Gasteiger charge is 2.32. The number of esters is 1. The Morgan fingerprint density at radius 1 is 1.28 bits per heavy atom. The average Bonchev–Trinajstić information content (AvgIpc) is 3.07. The number of rotatable bonds is 4. The molecule has 0 amide bonds. The van der Waals surface area contributed by atoms with Crippen molar-refractivity contribution in [3.8, 4) is 0 Å². The van der Waals surface area contributed by atoms with Crippen LogP contribution in [0.25, 0.3) is 10.2 Å². The number of hydrogen-bond donors (Lipinski definition) is 0. The summed E-state index contributed by atoms with van der Waals surface area (Å²) in [5, 5.41) is 8.83. The normalized spacial score (nSPS) is 16.6. The van der Waals surface area contributed by atoms with Gasteiger partial charge in [0.25, 0.3) is 5.56 Å². The van der Waals surface area contributed by atoms with E-state index in [0.717, 1.165) is 35.1 Å². The summed E-state index contributed by atoms with van der Waals surface area (Å²) in [5.41, 5.74) is 1.98. The lowest BCUT2D eigenvalue weighted by atomic mass is 9.72. The molecule has 7 heteroatoms. The van der Waals surface area contributed by atoms with Crippen LogP contribution >= 0.6 is 11.3 Å². The third kappa shape index (κ3) is 4.10. The van der Waals surface area contributed by atoms with Gasteiger partial charge in [-0.1, -0.05) is 56.3 Å². The van der Waals surface area contributed by atoms with Crippen molar-refractivity contribution < 1.29 is 9.53 Å². The van der Waals surface area contributed by atoms with Gasteiger partial charge in [0.2, 0.25) is 0 Å². The van der Waals surface area contributed by atoms with Gasteiger partial charge in [0.1, 0.15) is 13.2 Å². The molecule has 0 saturated carbocycles. The van der Waals surface area contributed by atoms with Crippen LogP contribution in [0.1, 0.15) is 43.2 Å². The Morgan fingerprint density at radius 2 is 2.03 bits per heavy atom. The molecular formula is C22H25N3O3S. The standard InChI is InChI=1S/C22H25N3O3S/c1-22(2,3)15-9-10-16-17(11-15)29-20-19(16)21(27)25(24-23-20)12-18(26)28-13-14-7-5-4-6-8-14/h4-8,15H,9-13H2,1-3H3/t15-/m1/s1. The predicted molar refractivity (Wildman–Crippen MR) is 113 cm³/mol. The molecule has 29 heavy (non-hydrogen) atoms. The van der Waals surface area contributed by atoms with E-state index in [1.165, 1.54) is 4.88 Å². The van der Waals surface area contributed by atoms with Crippen molar-refractivity contribution in [2.24, 2.45) is 11.3 Å². The highest BCUT2D eigenvalue weighted by molar-refractivity contribution is 7.18. The number of aromatic nitrogens is 3. The van der Waals surface area contributed by atoms with Crippen LogP contribution in [0, 0.1) is 11.3 Å². The first-order chi connectivity index (χ1) is 13.8. The Kier molecular flexibility index (Phi) is 5.25. The van der Waals surface area contributed by atoms with Crippen molar-refractivity contribution in [2.45, 2.75) is 53.2 Å². The van der Waals surface area contributed by atoms with Crippen molar-refractivity contribution in [1.82, 2.24) is 15.0 Å². The van der Waals surface area contributed by atoms with Crippen LogP contribution in [-0.2, 0) is 35.5 Å². The van der Waals surface area contributed by atoms with Crippen LogP contribution < -0.4 is 5.56 Å². The fourth-order valence-electron chi connectivity index (χ4n) is 3.88. The monoisotopic (exact) mass is 411 g/mol. The zero-order valence-electron chi connectivity index (χ0n) is 17.0. The zero-order chi connectivity index (χ0) is 20.6. The Balaban J connectivity index is 1.54. The number of ether oxygens (including phenoxy) is 1. The molecule has 0 unspecified atom stereocenters. The van der Waals surface area contributed by atoms with Crippen molar-refractivity contribution >= 4 is 27.5 Å². The van der Waals surface area contributed by atoms with Crippen LogP contribution in [0.3, 0.4) is 0 Å². The first kappa shape index (κ1) is 19.8. The lowest BCUT2D eigenvalue weighted by Gasteiger charge is -2.33. The first-order valence-corrected chi connectivity index (χ1v) is 10.7. The maximum Gasteiger partial charge on any atom is 0.328 e. The van der Waals surface area contributed by atoms with Crippen molar-refractivity contribution in [1.29, 1.82) is 0 Å².